The molecule has 44 heavy (non-hydrogen) atoms. The van der Waals surface area contributed by atoms with Gasteiger partial charge in [0.05, 0.1) is 6.04 Å². The lowest BCUT2D eigenvalue weighted by atomic mass is 9.81. The maximum atomic E-state index is 13.8. The third-order valence-electron chi connectivity index (χ3n) is 9.65. The van der Waals surface area contributed by atoms with Crippen LogP contribution >= 0.6 is 0 Å². The van der Waals surface area contributed by atoms with E-state index < -0.39 is 47.0 Å². The number of piperidine rings is 1. The summed E-state index contributed by atoms with van der Waals surface area (Å²) in [6.07, 6.45) is 6.94. The Labute approximate surface area is 256 Å². The lowest BCUT2D eigenvalue weighted by molar-refractivity contribution is -0.139. The van der Waals surface area contributed by atoms with Crippen LogP contribution in [0.4, 0.5) is 0 Å². The van der Waals surface area contributed by atoms with Gasteiger partial charge in [-0.3, -0.25) is 28.8 Å². The number of H-pyrrole nitrogens is 1. The maximum Gasteiger partial charge on any atom is 0.287 e. The molecular formula is C32H42N6O6. The summed E-state index contributed by atoms with van der Waals surface area (Å²) in [5, 5.41) is 9.46. The second kappa shape index (κ2) is 13.2. The zero-order chi connectivity index (χ0) is 31.4. The van der Waals surface area contributed by atoms with Gasteiger partial charge in [0.15, 0.2) is 0 Å². The molecule has 5 amide bonds. The fraction of sp³-hybridized carbons (Fsp3) is 0.562. The molecule has 0 radical (unpaired) electrons. The summed E-state index contributed by atoms with van der Waals surface area (Å²) >= 11 is 0. The first kappa shape index (κ1) is 31.2. The van der Waals surface area contributed by atoms with Crippen LogP contribution in [-0.4, -0.2) is 75.9 Å². The van der Waals surface area contributed by atoms with E-state index in [1.807, 2.05) is 24.3 Å². The van der Waals surface area contributed by atoms with E-state index in [0.29, 0.717) is 44.5 Å². The van der Waals surface area contributed by atoms with E-state index in [9.17, 15) is 28.8 Å². The van der Waals surface area contributed by atoms with Gasteiger partial charge in [0.1, 0.15) is 11.7 Å². The molecule has 12 nitrogen and oxygen atoms in total. The highest BCUT2D eigenvalue weighted by Crippen LogP contribution is 2.36. The Hall–Kier alpha value is -4.22. The molecule has 2 aliphatic heterocycles. The number of carbonyl (C=O) groups is 6. The molecule has 1 aromatic heterocycles. The second-order valence-corrected chi connectivity index (χ2v) is 12.7. The first-order chi connectivity index (χ1) is 21.0. The number of para-hydroxylation sites is 1. The summed E-state index contributed by atoms with van der Waals surface area (Å²) < 4.78 is 0. The van der Waals surface area contributed by atoms with Crippen molar-refractivity contribution in [2.24, 2.45) is 17.6 Å². The number of carbonyl (C=O) groups excluding carboxylic acids is 6. The Morgan fingerprint density at radius 3 is 2.36 bits per heavy atom. The van der Waals surface area contributed by atoms with Crippen LogP contribution in [0.15, 0.2) is 30.3 Å². The van der Waals surface area contributed by atoms with Crippen molar-refractivity contribution in [2.45, 2.75) is 88.8 Å². The summed E-state index contributed by atoms with van der Waals surface area (Å²) in [6, 6.07) is 6.90. The largest absolute Gasteiger partial charge is 0.363 e. The number of hydrogen-bond donors (Lipinski definition) is 5. The molecule has 1 aliphatic carbocycles. The smallest absolute Gasteiger partial charge is 0.287 e. The predicted octanol–water partition coefficient (Wildman–Crippen LogP) is 1.68. The Bertz CT molecular complexity index is 1400. The predicted molar refractivity (Wildman–Crippen MR) is 162 cm³/mol. The van der Waals surface area contributed by atoms with Crippen LogP contribution in [0.3, 0.4) is 0 Å². The molecule has 2 saturated heterocycles. The number of amides is 5. The molecule has 3 unspecified atom stereocenters. The first-order valence-corrected chi connectivity index (χ1v) is 15.6. The summed E-state index contributed by atoms with van der Waals surface area (Å²) in [7, 11) is 0. The number of aromatic amines is 1. The molecule has 12 heteroatoms. The minimum Gasteiger partial charge on any atom is -0.363 e. The maximum absolute atomic E-state index is 13.8. The number of nitrogens with two attached hydrogens (primary N) is 1. The summed E-state index contributed by atoms with van der Waals surface area (Å²) in [6.45, 7) is 2.55. The second-order valence-electron chi connectivity index (χ2n) is 12.7. The van der Waals surface area contributed by atoms with Gasteiger partial charge in [-0.05, 0) is 50.2 Å². The molecule has 0 bridgehead atoms. The summed E-state index contributed by atoms with van der Waals surface area (Å²) in [5.41, 5.74) is 5.96. The van der Waals surface area contributed by atoms with E-state index in [-0.39, 0.29) is 24.2 Å². The van der Waals surface area contributed by atoms with Crippen LogP contribution in [-0.2, 0) is 24.0 Å². The molecule has 2 aromatic rings. The minimum atomic E-state index is -1.32. The number of benzene rings is 1. The summed E-state index contributed by atoms with van der Waals surface area (Å²) in [4.78, 5) is 81.7. The summed E-state index contributed by atoms with van der Waals surface area (Å²) in [5.74, 6) is -3.94. The van der Waals surface area contributed by atoms with Gasteiger partial charge in [0, 0.05) is 42.4 Å². The van der Waals surface area contributed by atoms with Crippen molar-refractivity contribution in [3.8, 4) is 0 Å². The number of nitrogens with zero attached hydrogens (tertiary/aromatic N) is 1. The van der Waals surface area contributed by atoms with Crippen molar-refractivity contribution in [3.05, 3.63) is 36.0 Å². The Morgan fingerprint density at radius 1 is 1.00 bits per heavy atom. The molecule has 3 fully saturated rings. The molecule has 1 spiro atoms. The van der Waals surface area contributed by atoms with Crippen LogP contribution in [0, 0.1) is 11.8 Å². The monoisotopic (exact) mass is 606 g/mol. The molecule has 3 heterocycles. The van der Waals surface area contributed by atoms with Gasteiger partial charge in [-0.1, -0.05) is 50.3 Å². The van der Waals surface area contributed by atoms with Crippen LogP contribution in [0.1, 0.15) is 81.6 Å². The highest BCUT2D eigenvalue weighted by molar-refractivity contribution is 6.38. The zero-order valence-electron chi connectivity index (χ0n) is 25.2. The normalized spacial score (nSPS) is 21.4. The highest BCUT2D eigenvalue weighted by Gasteiger charge is 2.47. The SMILES string of the molecule is CC(=O)N1CCC2(CC1)CC(CC(NC(=O)C(CC1CCCCC1)NC(=O)c1cc3ccccc3[nH]1)C(=O)C(N)=O)C(=O)N2. The number of likely N-dealkylation sites (tertiary alicyclic amines) is 1. The van der Waals surface area contributed by atoms with Crippen LogP contribution in [0.25, 0.3) is 10.9 Å². The molecule has 5 rings (SSSR count). The fourth-order valence-electron chi connectivity index (χ4n) is 7.13. The zero-order valence-corrected chi connectivity index (χ0v) is 25.2. The number of primary amides is 1. The number of Topliss-reactive ketones (excluding diaryl/α,β-unsaturated/α-hetero) is 1. The van der Waals surface area contributed by atoms with E-state index in [1.54, 1.807) is 11.0 Å². The average Bonchev–Trinajstić information content (AvgIpc) is 3.57. The van der Waals surface area contributed by atoms with Gasteiger partial charge < -0.3 is 31.6 Å². The van der Waals surface area contributed by atoms with Gasteiger partial charge in [-0.15, -0.1) is 0 Å². The molecule has 236 valence electrons. The number of aromatic nitrogens is 1. The molecule has 1 aromatic carbocycles. The van der Waals surface area contributed by atoms with Gasteiger partial charge in [-0.25, -0.2) is 0 Å². The topological polar surface area (TPSA) is 184 Å². The van der Waals surface area contributed by atoms with Crippen molar-refractivity contribution >= 4 is 46.2 Å². The number of fused-ring (bicyclic) bond motifs is 1. The highest BCUT2D eigenvalue weighted by atomic mass is 16.2. The van der Waals surface area contributed by atoms with Crippen molar-refractivity contribution in [3.63, 3.8) is 0 Å². The number of nitrogens with one attached hydrogen (secondary N) is 4. The molecule has 3 atom stereocenters. The number of rotatable bonds is 10. The van der Waals surface area contributed by atoms with Gasteiger partial charge in [0.2, 0.25) is 23.5 Å². The van der Waals surface area contributed by atoms with Crippen LogP contribution in [0.5, 0.6) is 0 Å². The van der Waals surface area contributed by atoms with E-state index in [4.69, 9.17) is 5.73 Å². The van der Waals surface area contributed by atoms with E-state index in [0.717, 1.165) is 43.0 Å². The van der Waals surface area contributed by atoms with Gasteiger partial charge in [-0.2, -0.15) is 0 Å². The van der Waals surface area contributed by atoms with Crippen molar-refractivity contribution in [1.82, 2.24) is 25.8 Å². The number of ketones is 1. The van der Waals surface area contributed by atoms with Crippen molar-refractivity contribution in [2.75, 3.05) is 13.1 Å². The van der Waals surface area contributed by atoms with Crippen LogP contribution in [0.2, 0.25) is 0 Å². The third-order valence-corrected chi connectivity index (χ3v) is 9.65. The van der Waals surface area contributed by atoms with Crippen molar-refractivity contribution in [1.29, 1.82) is 0 Å². The van der Waals surface area contributed by atoms with Crippen molar-refractivity contribution < 1.29 is 28.8 Å². The van der Waals surface area contributed by atoms with E-state index >= 15 is 0 Å². The first-order valence-electron chi connectivity index (χ1n) is 15.6. The molecule has 6 N–H and O–H groups in total. The Balaban J connectivity index is 1.30. The molecule has 3 aliphatic rings. The Morgan fingerprint density at radius 2 is 1.70 bits per heavy atom. The van der Waals surface area contributed by atoms with E-state index in [1.165, 1.54) is 6.92 Å². The quantitative estimate of drug-likeness (QED) is 0.256. The third kappa shape index (κ3) is 7.11. The minimum absolute atomic E-state index is 0.0185. The van der Waals surface area contributed by atoms with Crippen LogP contribution < -0.4 is 21.7 Å². The van der Waals surface area contributed by atoms with E-state index in [2.05, 4.69) is 20.9 Å². The lowest BCUT2D eigenvalue weighted by Crippen LogP contribution is -2.54. The lowest BCUT2D eigenvalue weighted by Gasteiger charge is -2.39. The Kier molecular flexibility index (Phi) is 9.36. The molecule has 1 saturated carbocycles. The average molecular weight is 607 g/mol. The number of hydrogen-bond acceptors (Lipinski definition) is 6. The standard InChI is InChI=1S/C32H42N6O6/c1-19(39)38-13-11-32(12-14-38)18-22(29(42)37-32)17-24(27(40)28(33)41)35-30(43)25(15-20-7-3-2-4-8-20)36-31(44)26-16-21-9-5-6-10-23(21)34-26/h5-6,9-10,16,20,22,24-25,34H,2-4,7-8,11-15,17-18H2,1H3,(H2,33,41)(H,35,43)(H,36,44)(H,37,42). The molecular weight excluding hydrogens is 564 g/mol. The van der Waals surface area contributed by atoms with Gasteiger partial charge >= 0.3 is 0 Å². The van der Waals surface area contributed by atoms with Gasteiger partial charge in [0.25, 0.3) is 11.8 Å². The fourth-order valence-corrected chi connectivity index (χ4v) is 7.13.